The van der Waals surface area contributed by atoms with Crippen LogP contribution in [-0.2, 0) is 24.1 Å². The fraction of sp³-hybridized carbons (Fsp3) is 0.286. The Labute approximate surface area is 105 Å². The molecular formula is C14H14FNO2. The lowest BCUT2D eigenvalue weighted by molar-refractivity contribution is -0.107. The highest BCUT2D eigenvalue weighted by Crippen LogP contribution is 2.13. The monoisotopic (exact) mass is 247 g/mol. The van der Waals surface area contributed by atoms with Crippen molar-refractivity contribution in [3.63, 3.8) is 0 Å². The average molecular weight is 247 g/mol. The zero-order valence-electron chi connectivity index (χ0n) is 10.1. The SMILES string of the molecule is Cc1oc(CCc2ccc(F)cc2)nc1CC=O. The van der Waals surface area contributed by atoms with Gasteiger partial charge in [0.15, 0.2) is 5.89 Å². The summed E-state index contributed by atoms with van der Waals surface area (Å²) in [6, 6.07) is 6.37. The van der Waals surface area contributed by atoms with E-state index in [9.17, 15) is 9.18 Å². The number of carbonyl (C=O) groups is 1. The lowest BCUT2D eigenvalue weighted by Gasteiger charge is -1.98. The molecule has 0 amide bonds. The van der Waals surface area contributed by atoms with Gasteiger partial charge in [0.05, 0.1) is 5.69 Å². The molecule has 1 heterocycles. The normalized spacial score (nSPS) is 10.6. The standard InChI is InChI=1S/C14H14FNO2/c1-10-13(8-9-17)16-14(18-10)7-4-11-2-5-12(15)6-3-11/h2-3,5-6,9H,4,7-8H2,1H3. The summed E-state index contributed by atoms with van der Waals surface area (Å²) in [6.07, 6.45) is 2.48. The summed E-state index contributed by atoms with van der Waals surface area (Å²) in [6.45, 7) is 1.80. The van der Waals surface area contributed by atoms with Crippen molar-refractivity contribution in [2.24, 2.45) is 0 Å². The molecule has 1 aromatic carbocycles. The van der Waals surface area contributed by atoms with Crippen molar-refractivity contribution in [3.05, 3.63) is 53.0 Å². The Morgan fingerprint density at radius 2 is 2.00 bits per heavy atom. The molecule has 0 fully saturated rings. The van der Waals surface area contributed by atoms with E-state index in [1.807, 2.05) is 0 Å². The van der Waals surface area contributed by atoms with E-state index in [4.69, 9.17) is 4.42 Å². The topological polar surface area (TPSA) is 43.1 Å². The third-order valence-electron chi connectivity index (χ3n) is 2.75. The number of oxazole rings is 1. The molecule has 0 N–H and O–H groups in total. The maximum atomic E-state index is 12.7. The van der Waals surface area contributed by atoms with Gasteiger partial charge in [0, 0.05) is 12.8 Å². The molecule has 0 spiro atoms. The van der Waals surface area contributed by atoms with Gasteiger partial charge >= 0.3 is 0 Å². The Bertz CT molecular complexity index is 531. The molecule has 18 heavy (non-hydrogen) atoms. The van der Waals surface area contributed by atoms with E-state index in [0.717, 1.165) is 18.3 Å². The van der Waals surface area contributed by atoms with Crippen LogP contribution in [0.5, 0.6) is 0 Å². The molecular weight excluding hydrogens is 233 g/mol. The first-order valence-electron chi connectivity index (χ1n) is 5.82. The van der Waals surface area contributed by atoms with Gasteiger partial charge in [-0.3, -0.25) is 0 Å². The van der Waals surface area contributed by atoms with Gasteiger partial charge in [-0.05, 0) is 31.0 Å². The molecule has 0 aliphatic heterocycles. The van der Waals surface area contributed by atoms with Crippen LogP contribution in [-0.4, -0.2) is 11.3 Å². The van der Waals surface area contributed by atoms with E-state index in [1.165, 1.54) is 12.1 Å². The summed E-state index contributed by atoms with van der Waals surface area (Å²) in [5, 5.41) is 0. The van der Waals surface area contributed by atoms with Crippen molar-refractivity contribution < 1.29 is 13.6 Å². The van der Waals surface area contributed by atoms with Crippen LogP contribution in [0.15, 0.2) is 28.7 Å². The Balaban J connectivity index is 1.99. The number of rotatable bonds is 5. The number of halogens is 1. The first-order chi connectivity index (χ1) is 8.69. The predicted molar refractivity (Wildman–Crippen MR) is 64.8 cm³/mol. The van der Waals surface area contributed by atoms with Crippen molar-refractivity contribution in [2.45, 2.75) is 26.2 Å². The molecule has 3 nitrogen and oxygen atoms in total. The molecule has 0 unspecified atom stereocenters. The van der Waals surface area contributed by atoms with E-state index < -0.39 is 0 Å². The van der Waals surface area contributed by atoms with E-state index in [-0.39, 0.29) is 12.2 Å². The van der Waals surface area contributed by atoms with E-state index in [0.29, 0.717) is 23.8 Å². The molecule has 1 aromatic heterocycles. The molecule has 0 atom stereocenters. The van der Waals surface area contributed by atoms with Gasteiger partial charge in [-0.15, -0.1) is 0 Å². The zero-order valence-corrected chi connectivity index (χ0v) is 10.1. The van der Waals surface area contributed by atoms with Crippen LogP contribution < -0.4 is 0 Å². The minimum atomic E-state index is -0.237. The molecule has 0 saturated heterocycles. The van der Waals surface area contributed by atoms with Crippen LogP contribution in [0.4, 0.5) is 4.39 Å². The van der Waals surface area contributed by atoms with Crippen LogP contribution in [0, 0.1) is 12.7 Å². The Morgan fingerprint density at radius 1 is 1.28 bits per heavy atom. The van der Waals surface area contributed by atoms with Gasteiger partial charge in [-0.1, -0.05) is 12.1 Å². The third-order valence-corrected chi connectivity index (χ3v) is 2.75. The molecule has 2 aromatic rings. The summed E-state index contributed by atoms with van der Waals surface area (Å²) in [7, 11) is 0. The molecule has 0 saturated carbocycles. The summed E-state index contributed by atoms with van der Waals surface area (Å²) in [4.78, 5) is 14.7. The van der Waals surface area contributed by atoms with Crippen molar-refractivity contribution >= 4 is 6.29 Å². The minimum absolute atomic E-state index is 0.237. The van der Waals surface area contributed by atoms with Gasteiger partial charge in [0.2, 0.25) is 0 Å². The van der Waals surface area contributed by atoms with Gasteiger partial charge < -0.3 is 9.21 Å². The predicted octanol–water partition coefficient (Wildman–Crippen LogP) is 2.65. The fourth-order valence-electron chi connectivity index (χ4n) is 1.77. The molecule has 0 radical (unpaired) electrons. The van der Waals surface area contributed by atoms with Crippen LogP contribution >= 0.6 is 0 Å². The summed E-state index contributed by atoms with van der Waals surface area (Å²) >= 11 is 0. The largest absolute Gasteiger partial charge is 0.446 e. The van der Waals surface area contributed by atoms with E-state index in [1.54, 1.807) is 19.1 Å². The number of aldehydes is 1. The van der Waals surface area contributed by atoms with Crippen LogP contribution in [0.3, 0.4) is 0 Å². The van der Waals surface area contributed by atoms with E-state index >= 15 is 0 Å². The summed E-state index contributed by atoms with van der Waals surface area (Å²) in [5.41, 5.74) is 1.73. The summed E-state index contributed by atoms with van der Waals surface area (Å²) < 4.78 is 18.2. The van der Waals surface area contributed by atoms with Gasteiger partial charge in [0.1, 0.15) is 17.9 Å². The minimum Gasteiger partial charge on any atom is -0.446 e. The maximum Gasteiger partial charge on any atom is 0.194 e. The average Bonchev–Trinajstić information content (AvgIpc) is 2.70. The second kappa shape index (κ2) is 5.58. The molecule has 4 heteroatoms. The van der Waals surface area contributed by atoms with Crippen molar-refractivity contribution in [2.75, 3.05) is 0 Å². The van der Waals surface area contributed by atoms with E-state index in [2.05, 4.69) is 4.98 Å². The quantitative estimate of drug-likeness (QED) is 0.763. The third kappa shape index (κ3) is 3.03. The molecule has 0 aliphatic carbocycles. The molecule has 0 bridgehead atoms. The lowest BCUT2D eigenvalue weighted by atomic mass is 10.1. The number of aryl methyl sites for hydroxylation is 3. The summed E-state index contributed by atoms with van der Waals surface area (Å²) in [5.74, 6) is 1.07. The second-order valence-electron chi connectivity index (χ2n) is 4.11. The molecule has 2 rings (SSSR count). The number of hydrogen-bond acceptors (Lipinski definition) is 3. The van der Waals surface area contributed by atoms with Crippen molar-refractivity contribution in [1.29, 1.82) is 0 Å². The van der Waals surface area contributed by atoms with Crippen molar-refractivity contribution in [3.8, 4) is 0 Å². The van der Waals surface area contributed by atoms with Gasteiger partial charge in [-0.25, -0.2) is 9.37 Å². The Kier molecular flexibility index (Phi) is 3.87. The zero-order chi connectivity index (χ0) is 13.0. The van der Waals surface area contributed by atoms with Crippen LogP contribution in [0.25, 0.3) is 0 Å². The van der Waals surface area contributed by atoms with Gasteiger partial charge in [0.25, 0.3) is 0 Å². The second-order valence-corrected chi connectivity index (χ2v) is 4.11. The number of benzene rings is 1. The first-order valence-corrected chi connectivity index (χ1v) is 5.82. The fourth-order valence-corrected chi connectivity index (χ4v) is 1.77. The van der Waals surface area contributed by atoms with Crippen LogP contribution in [0.1, 0.15) is 22.9 Å². The van der Waals surface area contributed by atoms with Crippen molar-refractivity contribution in [1.82, 2.24) is 4.98 Å². The number of carbonyl (C=O) groups excluding carboxylic acids is 1. The smallest absolute Gasteiger partial charge is 0.194 e. The maximum absolute atomic E-state index is 12.7. The lowest BCUT2D eigenvalue weighted by Crippen LogP contribution is -1.93. The highest BCUT2D eigenvalue weighted by Gasteiger charge is 2.08. The first kappa shape index (κ1) is 12.5. The molecule has 94 valence electrons. The Morgan fingerprint density at radius 3 is 2.67 bits per heavy atom. The Hall–Kier alpha value is -1.97. The highest BCUT2D eigenvalue weighted by molar-refractivity contribution is 5.54. The van der Waals surface area contributed by atoms with Gasteiger partial charge in [-0.2, -0.15) is 0 Å². The number of aromatic nitrogens is 1. The highest BCUT2D eigenvalue weighted by atomic mass is 19.1. The van der Waals surface area contributed by atoms with Crippen LogP contribution in [0.2, 0.25) is 0 Å². The number of nitrogens with zero attached hydrogens (tertiary/aromatic N) is 1. The number of hydrogen-bond donors (Lipinski definition) is 0. The molecule has 0 aliphatic rings.